The van der Waals surface area contributed by atoms with Crippen LogP contribution in [-0.4, -0.2) is 11.6 Å². The van der Waals surface area contributed by atoms with Gasteiger partial charge in [0.05, 0.1) is 16.3 Å². The Morgan fingerprint density at radius 3 is 3.00 bits per heavy atom. The number of anilines is 1. The van der Waals surface area contributed by atoms with Crippen molar-refractivity contribution in [2.75, 3.05) is 11.9 Å². The van der Waals surface area contributed by atoms with Gasteiger partial charge in [0.25, 0.3) is 0 Å². The summed E-state index contributed by atoms with van der Waals surface area (Å²) < 4.78 is 6.92. The van der Waals surface area contributed by atoms with Crippen molar-refractivity contribution in [1.29, 1.82) is 0 Å². The fourth-order valence-corrected chi connectivity index (χ4v) is 3.58. The van der Waals surface area contributed by atoms with Gasteiger partial charge in [0.15, 0.2) is 5.13 Å². The highest BCUT2D eigenvalue weighted by Crippen LogP contribution is 2.36. The summed E-state index contributed by atoms with van der Waals surface area (Å²) in [5.74, 6) is 0.974. The lowest BCUT2D eigenvalue weighted by atomic mass is 10.1. The number of aromatic nitrogens is 1. The predicted octanol–water partition coefficient (Wildman–Crippen LogP) is 4.15. The van der Waals surface area contributed by atoms with Gasteiger partial charge in [-0.3, -0.25) is 0 Å². The maximum Gasteiger partial charge on any atom is 0.184 e. The first-order chi connectivity index (χ1) is 9.81. The van der Waals surface area contributed by atoms with Gasteiger partial charge in [-0.15, -0.1) is 0 Å². The number of para-hydroxylation sites is 2. The molecule has 0 bridgehead atoms. The van der Waals surface area contributed by atoms with Crippen LogP contribution >= 0.6 is 11.3 Å². The standard InChI is InChI=1S/C16H14N2OS/c1-10-5-4-8-14-15(10)18-16(20-14)17-12-9-19-13-7-3-2-6-11(12)13/h2-8,12H,9H2,1H3,(H,17,18). The van der Waals surface area contributed by atoms with Gasteiger partial charge in [0.2, 0.25) is 0 Å². The average molecular weight is 282 g/mol. The number of nitrogens with zero attached hydrogens (tertiary/aromatic N) is 1. The predicted molar refractivity (Wildman–Crippen MR) is 82.7 cm³/mol. The Morgan fingerprint density at radius 2 is 2.10 bits per heavy atom. The molecule has 0 saturated heterocycles. The van der Waals surface area contributed by atoms with E-state index in [1.165, 1.54) is 15.8 Å². The van der Waals surface area contributed by atoms with Crippen molar-refractivity contribution in [1.82, 2.24) is 4.98 Å². The molecule has 0 fully saturated rings. The second-order valence-corrected chi connectivity index (χ2v) is 6.02. The van der Waals surface area contributed by atoms with E-state index in [1.54, 1.807) is 11.3 Å². The Kier molecular flexibility index (Phi) is 2.63. The van der Waals surface area contributed by atoms with Crippen molar-refractivity contribution in [3.05, 3.63) is 53.6 Å². The lowest BCUT2D eigenvalue weighted by Crippen LogP contribution is -2.11. The van der Waals surface area contributed by atoms with Gasteiger partial charge >= 0.3 is 0 Å². The van der Waals surface area contributed by atoms with E-state index in [0.29, 0.717) is 6.61 Å². The normalized spacial score (nSPS) is 16.9. The molecule has 1 N–H and O–H groups in total. The quantitative estimate of drug-likeness (QED) is 0.766. The molecule has 2 heterocycles. The van der Waals surface area contributed by atoms with Crippen LogP contribution in [0.5, 0.6) is 5.75 Å². The molecule has 3 nitrogen and oxygen atoms in total. The number of nitrogens with one attached hydrogen (secondary N) is 1. The maximum atomic E-state index is 5.70. The monoisotopic (exact) mass is 282 g/mol. The first-order valence-electron chi connectivity index (χ1n) is 6.66. The molecule has 0 aliphatic carbocycles. The van der Waals surface area contributed by atoms with Crippen molar-refractivity contribution in [2.24, 2.45) is 0 Å². The van der Waals surface area contributed by atoms with E-state index >= 15 is 0 Å². The Balaban J connectivity index is 1.67. The Hall–Kier alpha value is -2.07. The van der Waals surface area contributed by atoms with Crippen LogP contribution in [0.1, 0.15) is 17.2 Å². The van der Waals surface area contributed by atoms with E-state index < -0.39 is 0 Å². The summed E-state index contributed by atoms with van der Waals surface area (Å²) in [4.78, 5) is 4.70. The maximum absolute atomic E-state index is 5.70. The summed E-state index contributed by atoms with van der Waals surface area (Å²) in [7, 11) is 0. The van der Waals surface area contributed by atoms with Gasteiger partial charge in [0.1, 0.15) is 12.4 Å². The van der Waals surface area contributed by atoms with Crippen molar-refractivity contribution in [3.63, 3.8) is 0 Å². The minimum Gasteiger partial charge on any atom is -0.491 e. The van der Waals surface area contributed by atoms with Crippen molar-refractivity contribution >= 4 is 26.7 Å². The van der Waals surface area contributed by atoms with Crippen molar-refractivity contribution in [2.45, 2.75) is 13.0 Å². The number of fused-ring (bicyclic) bond motifs is 2. The first kappa shape index (κ1) is 11.7. The number of thiazole rings is 1. The molecule has 1 unspecified atom stereocenters. The fraction of sp³-hybridized carbons (Fsp3) is 0.188. The van der Waals surface area contributed by atoms with Gasteiger partial charge < -0.3 is 10.1 Å². The highest BCUT2D eigenvalue weighted by Gasteiger charge is 2.24. The summed E-state index contributed by atoms with van der Waals surface area (Å²) in [5, 5.41) is 4.45. The second-order valence-electron chi connectivity index (χ2n) is 4.99. The summed E-state index contributed by atoms with van der Waals surface area (Å²) in [5.41, 5.74) is 3.52. The zero-order valence-corrected chi connectivity index (χ0v) is 11.9. The number of rotatable bonds is 2. The van der Waals surface area contributed by atoms with Gasteiger partial charge in [-0.1, -0.05) is 41.7 Å². The number of hydrogen-bond donors (Lipinski definition) is 1. The summed E-state index contributed by atoms with van der Waals surface area (Å²) >= 11 is 1.70. The molecule has 1 aliphatic heterocycles. The zero-order valence-electron chi connectivity index (χ0n) is 11.1. The van der Waals surface area contributed by atoms with E-state index in [0.717, 1.165) is 16.4 Å². The summed E-state index contributed by atoms with van der Waals surface area (Å²) in [6.07, 6.45) is 0. The van der Waals surface area contributed by atoms with Crippen LogP contribution in [0.15, 0.2) is 42.5 Å². The summed E-state index contributed by atoms with van der Waals surface area (Å²) in [6, 6.07) is 14.6. The molecule has 100 valence electrons. The van der Waals surface area contributed by atoms with Gasteiger partial charge in [-0.25, -0.2) is 4.98 Å². The van der Waals surface area contributed by atoms with Crippen LogP contribution in [0.3, 0.4) is 0 Å². The van der Waals surface area contributed by atoms with Gasteiger partial charge in [0, 0.05) is 5.56 Å². The third kappa shape index (κ3) is 1.84. The third-order valence-corrected chi connectivity index (χ3v) is 4.57. The molecule has 4 rings (SSSR count). The highest BCUT2D eigenvalue weighted by molar-refractivity contribution is 7.22. The molecule has 0 amide bonds. The lowest BCUT2D eigenvalue weighted by molar-refractivity contribution is 0.340. The zero-order chi connectivity index (χ0) is 13.5. The number of benzene rings is 2. The first-order valence-corrected chi connectivity index (χ1v) is 7.47. The van der Waals surface area contributed by atoms with E-state index in [9.17, 15) is 0 Å². The minimum atomic E-state index is 0.187. The van der Waals surface area contributed by atoms with Gasteiger partial charge in [-0.05, 0) is 24.6 Å². The highest BCUT2D eigenvalue weighted by atomic mass is 32.1. The van der Waals surface area contributed by atoms with Crippen molar-refractivity contribution < 1.29 is 4.74 Å². The molecule has 0 saturated carbocycles. The number of hydrogen-bond acceptors (Lipinski definition) is 4. The van der Waals surface area contributed by atoms with Crippen molar-refractivity contribution in [3.8, 4) is 5.75 Å². The molecule has 20 heavy (non-hydrogen) atoms. The third-order valence-electron chi connectivity index (χ3n) is 3.62. The van der Waals surface area contributed by atoms with E-state index in [1.807, 2.05) is 18.2 Å². The largest absolute Gasteiger partial charge is 0.491 e. The van der Waals surface area contributed by atoms with E-state index in [-0.39, 0.29) is 6.04 Å². The minimum absolute atomic E-state index is 0.187. The van der Waals surface area contributed by atoms with Crippen LogP contribution in [0.4, 0.5) is 5.13 Å². The fourth-order valence-electron chi connectivity index (χ4n) is 2.58. The summed E-state index contributed by atoms with van der Waals surface area (Å²) in [6.45, 7) is 2.76. The molecule has 0 radical (unpaired) electrons. The molecular formula is C16H14N2OS. The SMILES string of the molecule is Cc1cccc2sc(NC3COc4ccccc43)nc12. The molecule has 1 aromatic heterocycles. The smallest absolute Gasteiger partial charge is 0.184 e. The molecular weight excluding hydrogens is 268 g/mol. The number of aryl methyl sites for hydroxylation is 1. The molecule has 2 aromatic carbocycles. The van der Waals surface area contributed by atoms with Crippen LogP contribution in [-0.2, 0) is 0 Å². The molecule has 0 spiro atoms. The van der Waals surface area contributed by atoms with Crippen LogP contribution in [0, 0.1) is 6.92 Å². The Labute approximate surface area is 121 Å². The second kappa shape index (κ2) is 4.49. The van der Waals surface area contributed by atoms with E-state index in [2.05, 4.69) is 36.5 Å². The van der Waals surface area contributed by atoms with Gasteiger partial charge in [-0.2, -0.15) is 0 Å². The lowest BCUT2D eigenvalue weighted by Gasteiger charge is -2.09. The van der Waals surface area contributed by atoms with E-state index in [4.69, 9.17) is 9.72 Å². The number of ether oxygens (including phenoxy) is 1. The molecule has 1 aliphatic rings. The van der Waals surface area contributed by atoms with Crippen LogP contribution in [0.2, 0.25) is 0 Å². The molecule has 4 heteroatoms. The molecule has 1 atom stereocenters. The molecule has 3 aromatic rings. The van der Waals surface area contributed by atoms with Crippen LogP contribution in [0.25, 0.3) is 10.2 Å². The topological polar surface area (TPSA) is 34.1 Å². The average Bonchev–Trinajstić information content (AvgIpc) is 3.05. The Bertz CT molecular complexity index is 781. The Morgan fingerprint density at radius 1 is 1.20 bits per heavy atom. The van der Waals surface area contributed by atoms with Crippen LogP contribution < -0.4 is 10.1 Å².